The van der Waals surface area contributed by atoms with E-state index in [1.807, 2.05) is 6.92 Å². The summed E-state index contributed by atoms with van der Waals surface area (Å²) < 4.78 is 0. The predicted octanol–water partition coefficient (Wildman–Crippen LogP) is 2.62. The Morgan fingerprint density at radius 3 is 2.00 bits per heavy atom. The Morgan fingerprint density at radius 1 is 1.00 bits per heavy atom. The van der Waals surface area contributed by atoms with Crippen LogP contribution in [0.1, 0.15) is 51.9 Å². The Morgan fingerprint density at radius 2 is 1.50 bits per heavy atom. The van der Waals surface area contributed by atoms with Crippen LogP contribution in [0.15, 0.2) is 0 Å². The summed E-state index contributed by atoms with van der Waals surface area (Å²) in [6.07, 6.45) is 8.70. The van der Waals surface area contributed by atoms with Crippen LogP contribution in [0.2, 0.25) is 0 Å². The van der Waals surface area contributed by atoms with Gasteiger partial charge in [-0.15, -0.1) is 0 Å². The molecule has 0 bridgehead atoms. The average Bonchev–Trinajstić information content (AvgIpc) is 2.31. The molecule has 0 amide bonds. The molecule has 0 N–H and O–H groups in total. The van der Waals surface area contributed by atoms with E-state index in [1.165, 1.54) is 38.5 Å². The van der Waals surface area contributed by atoms with Gasteiger partial charge in [-0.25, -0.2) is 0 Å². The van der Waals surface area contributed by atoms with Gasteiger partial charge in [0.05, 0.1) is 6.54 Å². The first-order valence-corrected chi connectivity index (χ1v) is 6.07. The van der Waals surface area contributed by atoms with Crippen molar-refractivity contribution in [3.05, 3.63) is 0 Å². The van der Waals surface area contributed by atoms with Gasteiger partial charge in [0.25, 0.3) is 0 Å². The van der Waals surface area contributed by atoms with Crippen LogP contribution < -0.4 is 0 Å². The molecule has 0 aliphatic carbocycles. The van der Waals surface area contributed by atoms with Crippen molar-refractivity contribution in [1.82, 2.24) is 4.90 Å². The zero-order valence-electron chi connectivity index (χ0n) is 9.43. The van der Waals surface area contributed by atoms with E-state index in [2.05, 4.69) is 4.90 Å². The molecule has 2 nitrogen and oxygen atoms in total. The average molecular weight is 197 g/mol. The van der Waals surface area contributed by atoms with Gasteiger partial charge < -0.3 is 0 Å². The smallest absolute Gasteiger partial charge is 0.146 e. The zero-order chi connectivity index (χ0) is 10.2. The van der Waals surface area contributed by atoms with Gasteiger partial charge in [-0.2, -0.15) is 0 Å². The molecule has 1 aliphatic heterocycles. The quantitative estimate of drug-likeness (QED) is 0.693. The molecule has 0 saturated carbocycles. The van der Waals surface area contributed by atoms with Gasteiger partial charge >= 0.3 is 0 Å². The second kappa shape index (κ2) is 6.99. The lowest BCUT2D eigenvalue weighted by molar-refractivity contribution is -0.119. The fourth-order valence-electron chi connectivity index (χ4n) is 2.01. The summed E-state index contributed by atoms with van der Waals surface area (Å²) in [4.78, 5) is 13.7. The first-order valence-electron chi connectivity index (χ1n) is 6.07. The number of Topliss-reactive ketones (excluding diaryl/α,β-unsaturated/α-hetero) is 1. The summed E-state index contributed by atoms with van der Waals surface area (Å²) in [7, 11) is 0. The van der Waals surface area contributed by atoms with Crippen molar-refractivity contribution in [2.45, 2.75) is 51.9 Å². The summed E-state index contributed by atoms with van der Waals surface area (Å²) in [5.41, 5.74) is 0. The fourth-order valence-corrected chi connectivity index (χ4v) is 2.01. The Bertz CT molecular complexity index is 158. The molecule has 2 heteroatoms. The molecule has 1 fully saturated rings. The number of carbonyl (C=O) groups excluding carboxylic acids is 1. The van der Waals surface area contributed by atoms with E-state index in [0.29, 0.717) is 18.7 Å². The van der Waals surface area contributed by atoms with E-state index in [0.717, 1.165) is 13.1 Å². The number of nitrogens with zero attached hydrogens (tertiary/aromatic N) is 1. The monoisotopic (exact) mass is 197 g/mol. The standard InChI is InChI=1S/C12H23NO/c1-2-12(14)11-13-9-7-5-3-4-6-8-10-13/h2-11H2,1H3. The third-order valence-electron chi connectivity index (χ3n) is 2.99. The minimum absolute atomic E-state index is 0.393. The number of hydrogen-bond donors (Lipinski definition) is 0. The SMILES string of the molecule is CCC(=O)CN1CCCCCCCC1. The normalized spacial score (nSPS) is 20.9. The molecule has 0 aromatic rings. The molecule has 0 unspecified atom stereocenters. The molecular weight excluding hydrogens is 174 g/mol. The number of ketones is 1. The van der Waals surface area contributed by atoms with E-state index in [-0.39, 0.29) is 0 Å². The van der Waals surface area contributed by atoms with Gasteiger partial charge in [-0.1, -0.05) is 32.6 Å². The molecule has 0 atom stereocenters. The lowest BCUT2D eigenvalue weighted by atomic mass is 10.1. The van der Waals surface area contributed by atoms with Gasteiger partial charge in [0.1, 0.15) is 5.78 Å². The van der Waals surface area contributed by atoms with Crippen molar-refractivity contribution in [3.63, 3.8) is 0 Å². The van der Waals surface area contributed by atoms with Crippen LogP contribution in [0.3, 0.4) is 0 Å². The molecule has 1 rings (SSSR count). The van der Waals surface area contributed by atoms with Crippen LogP contribution in [0.25, 0.3) is 0 Å². The maximum Gasteiger partial charge on any atom is 0.146 e. The maximum absolute atomic E-state index is 11.3. The first-order chi connectivity index (χ1) is 6.83. The molecule has 0 aromatic heterocycles. The van der Waals surface area contributed by atoms with E-state index in [1.54, 1.807) is 0 Å². The van der Waals surface area contributed by atoms with Crippen molar-refractivity contribution < 1.29 is 4.79 Å². The number of rotatable bonds is 3. The minimum Gasteiger partial charge on any atom is -0.298 e. The maximum atomic E-state index is 11.3. The van der Waals surface area contributed by atoms with Gasteiger partial charge in [0, 0.05) is 6.42 Å². The van der Waals surface area contributed by atoms with Crippen molar-refractivity contribution >= 4 is 5.78 Å². The van der Waals surface area contributed by atoms with Crippen LogP contribution in [0, 0.1) is 0 Å². The highest BCUT2D eigenvalue weighted by molar-refractivity contribution is 5.80. The second-order valence-corrected chi connectivity index (χ2v) is 4.29. The zero-order valence-corrected chi connectivity index (χ0v) is 9.43. The lowest BCUT2D eigenvalue weighted by Gasteiger charge is -2.20. The molecular formula is C12H23NO. The summed E-state index contributed by atoms with van der Waals surface area (Å²) in [5.74, 6) is 0.393. The molecule has 14 heavy (non-hydrogen) atoms. The molecule has 82 valence electrons. The Labute approximate surface area is 87.7 Å². The minimum atomic E-state index is 0.393. The Kier molecular flexibility index (Phi) is 5.85. The largest absolute Gasteiger partial charge is 0.298 e. The highest BCUT2D eigenvalue weighted by Gasteiger charge is 2.09. The second-order valence-electron chi connectivity index (χ2n) is 4.29. The van der Waals surface area contributed by atoms with Crippen LogP contribution >= 0.6 is 0 Å². The molecule has 0 spiro atoms. The molecule has 1 saturated heterocycles. The summed E-state index contributed by atoms with van der Waals surface area (Å²) in [6, 6.07) is 0. The van der Waals surface area contributed by atoms with E-state index < -0.39 is 0 Å². The van der Waals surface area contributed by atoms with E-state index in [9.17, 15) is 4.79 Å². The molecule has 0 aromatic carbocycles. The lowest BCUT2D eigenvalue weighted by Crippen LogP contribution is -2.31. The first kappa shape index (κ1) is 11.7. The molecule has 0 radical (unpaired) electrons. The Balaban J connectivity index is 2.28. The third-order valence-corrected chi connectivity index (χ3v) is 2.99. The van der Waals surface area contributed by atoms with Gasteiger partial charge in [0.15, 0.2) is 0 Å². The van der Waals surface area contributed by atoms with Gasteiger partial charge in [0.2, 0.25) is 0 Å². The highest BCUT2D eigenvalue weighted by Crippen LogP contribution is 2.10. The van der Waals surface area contributed by atoms with Crippen LogP contribution in [0.5, 0.6) is 0 Å². The number of hydrogen-bond acceptors (Lipinski definition) is 2. The van der Waals surface area contributed by atoms with Crippen molar-refractivity contribution in [2.75, 3.05) is 19.6 Å². The summed E-state index contributed by atoms with van der Waals surface area (Å²) in [5, 5.41) is 0. The van der Waals surface area contributed by atoms with E-state index in [4.69, 9.17) is 0 Å². The highest BCUT2D eigenvalue weighted by atomic mass is 16.1. The van der Waals surface area contributed by atoms with Gasteiger partial charge in [-0.3, -0.25) is 9.69 Å². The van der Waals surface area contributed by atoms with Crippen LogP contribution in [-0.2, 0) is 4.79 Å². The summed E-state index contributed by atoms with van der Waals surface area (Å²) >= 11 is 0. The topological polar surface area (TPSA) is 20.3 Å². The van der Waals surface area contributed by atoms with Crippen molar-refractivity contribution in [1.29, 1.82) is 0 Å². The van der Waals surface area contributed by atoms with Crippen molar-refractivity contribution in [3.8, 4) is 0 Å². The van der Waals surface area contributed by atoms with Crippen LogP contribution in [-0.4, -0.2) is 30.3 Å². The van der Waals surface area contributed by atoms with E-state index >= 15 is 0 Å². The Hall–Kier alpha value is -0.370. The third kappa shape index (κ3) is 4.75. The van der Waals surface area contributed by atoms with Crippen LogP contribution in [0.4, 0.5) is 0 Å². The molecule has 1 heterocycles. The van der Waals surface area contributed by atoms with Crippen molar-refractivity contribution in [2.24, 2.45) is 0 Å². The summed E-state index contributed by atoms with van der Waals surface area (Å²) in [6.45, 7) is 4.91. The predicted molar refractivity (Wildman–Crippen MR) is 59.4 cm³/mol. The van der Waals surface area contributed by atoms with Gasteiger partial charge in [-0.05, 0) is 25.9 Å². The number of carbonyl (C=O) groups is 1. The fraction of sp³-hybridized carbons (Fsp3) is 0.917. The molecule has 1 aliphatic rings.